The SMILES string of the molecule is COc1ccc(N)c(NC(=O)/C=C/c2cccnc2Nc2ccc(C(F)(F)F)cc2)c1. The van der Waals surface area contributed by atoms with E-state index in [4.69, 9.17) is 10.5 Å². The van der Waals surface area contributed by atoms with Gasteiger partial charge in [0.25, 0.3) is 0 Å². The highest BCUT2D eigenvalue weighted by Crippen LogP contribution is 2.30. The predicted molar refractivity (Wildman–Crippen MR) is 114 cm³/mol. The number of anilines is 4. The van der Waals surface area contributed by atoms with E-state index in [-0.39, 0.29) is 0 Å². The molecule has 0 aliphatic heterocycles. The van der Waals surface area contributed by atoms with Crippen LogP contribution in [0.2, 0.25) is 0 Å². The monoisotopic (exact) mass is 428 g/mol. The molecule has 0 aliphatic rings. The molecule has 4 N–H and O–H groups in total. The van der Waals surface area contributed by atoms with Crippen LogP contribution in [0.15, 0.2) is 66.9 Å². The Morgan fingerprint density at radius 2 is 1.87 bits per heavy atom. The summed E-state index contributed by atoms with van der Waals surface area (Å²) in [7, 11) is 1.50. The van der Waals surface area contributed by atoms with E-state index in [9.17, 15) is 18.0 Å². The topological polar surface area (TPSA) is 89.3 Å². The average molecular weight is 428 g/mol. The van der Waals surface area contributed by atoms with Gasteiger partial charge in [-0.2, -0.15) is 13.2 Å². The average Bonchev–Trinajstić information content (AvgIpc) is 2.74. The van der Waals surface area contributed by atoms with E-state index < -0.39 is 17.6 Å². The summed E-state index contributed by atoms with van der Waals surface area (Å²) in [6.07, 6.45) is -0.0449. The highest BCUT2D eigenvalue weighted by Gasteiger charge is 2.29. The van der Waals surface area contributed by atoms with Crippen LogP contribution in [-0.2, 0) is 11.0 Å². The van der Waals surface area contributed by atoms with Crippen LogP contribution in [0, 0.1) is 0 Å². The molecule has 9 heteroatoms. The second kappa shape index (κ2) is 9.21. The minimum Gasteiger partial charge on any atom is -0.497 e. The Bertz CT molecular complexity index is 1100. The normalized spacial score (nSPS) is 11.4. The molecule has 0 bridgehead atoms. The molecule has 6 nitrogen and oxygen atoms in total. The van der Waals surface area contributed by atoms with Gasteiger partial charge in [-0.3, -0.25) is 4.79 Å². The quantitative estimate of drug-likeness (QED) is 0.376. The van der Waals surface area contributed by atoms with E-state index >= 15 is 0 Å². The zero-order valence-electron chi connectivity index (χ0n) is 16.4. The molecule has 0 saturated carbocycles. The number of nitrogens with two attached hydrogens (primary N) is 1. The van der Waals surface area contributed by atoms with Gasteiger partial charge >= 0.3 is 6.18 Å². The first-order valence-corrected chi connectivity index (χ1v) is 9.08. The molecule has 2 aromatic carbocycles. The van der Waals surface area contributed by atoms with Gasteiger partial charge in [0.05, 0.1) is 24.0 Å². The number of nitrogen functional groups attached to an aromatic ring is 1. The van der Waals surface area contributed by atoms with Crippen molar-refractivity contribution < 1.29 is 22.7 Å². The number of pyridine rings is 1. The summed E-state index contributed by atoms with van der Waals surface area (Å²) in [5, 5.41) is 5.62. The minimum atomic E-state index is -4.41. The molecule has 0 atom stereocenters. The molecule has 3 rings (SSSR count). The van der Waals surface area contributed by atoms with Gasteiger partial charge in [-0.15, -0.1) is 0 Å². The number of nitrogens with zero attached hydrogens (tertiary/aromatic N) is 1. The number of alkyl halides is 3. The summed E-state index contributed by atoms with van der Waals surface area (Å²) in [6, 6.07) is 12.9. The van der Waals surface area contributed by atoms with Crippen molar-refractivity contribution >= 4 is 34.9 Å². The fourth-order valence-corrected chi connectivity index (χ4v) is 2.65. The molecule has 0 radical (unpaired) electrons. The number of carbonyl (C=O) groups is 1. The molecule has 160 valence electrons. The highest BCUT2D eigenvalue weighted by molar-refractivity contribution is 6.04. The Hall–Kier alpha value is -4.01. The second-order valence-electron chi connectivity index (χ2n) is 6.42. The van der Waals surface area contributed by atoms with E-state index in [2.05, 4.69) is 15.6 Å². The first kappa shape index (κ1) is 21.7. The van der Waals surface area contributed by atoms with Crippen molar-refractivity contribution in [2.75, 3.05) is 23.5 Å². The predicted octanol–water partition coefficient (Wildman–Crippen LogP) is 5.09. The van der Waals surface area contributed by atoms with Crippen LogP contribution in [0.5, 0.6) is 5.75 Å². The Kier molecular flexibility index (Phi) is 6.44. The molecular formula is C22H19F3N4O2. The largest absolute Gasteiger partial charge is 0.497 e. The Balaban J connectivity index is 1.73. The molecule has 3 aromatic rings. The molecule has 0 aliphatic carbocycles. The maximum Gasteiger partial charge on any atom is 0.416 e. The van der Waals surface area contributed by atoms with Crippen molar-refractivity contribution in [2.24, 2.45) is 0 Å². The summed E-state index contributed by atoms with van der Waals surface area (Å²) in [5.41, 5.74) is 6.90. The summed E-state index contributed by atoms with van der Waals surface area (Å²) in [6.45, 7) is 0. The van der Waals surface area contributed by atoms with Crippen LogP contribution in [0.1, 0.15) is 11.1 Å². The number of benzene rings is 2. The maximum absolute atomic E-state index is 12.7. The van der Waals surface area contributed by atoms with Gasteiger partial charge in [0.1, 0.15) is 11.6 Å². The molecule has 31 heavy (non-hydrogen) atoms. The summed E-state index contributed by atoms with van der Waals surface area (Å²) >= 11 is 0. The van der Waals surface area contributed by atoms with Gasteiger partial charge in [0.15, 0.2) is 0 Å². The van der Waals surface area contributed by atoms with Crippen LogP contribution in [0.25, 0.3) is 6.08 Å². The number of methoxy groups -OCH3 is 1. The van der Waals surface area contributed by atoms with Gasteiger partial charge in [-0.05, 0) is 54.6 Å². The Labute approximate surface area is 176 Å². The van der Waals surface area contributed by atoms with Crippen LogP contribution in [0.4, 0.5) is 36.1 Å². The molecule has 0 fully saturated rings. The number of nitrogens with one attached hydrogen (secondary N) is 2. The van der Waals surface area contributed by atoms with Crippen molar-refractivity contribution in [3.63, 3.8) is 0 Å². The number of hydrogen-bond acceptors (Lipinski definition) is 5. The van der Waals surface area contributed by atoms with Crippen molar-refractivity contribution in [2.45, 2.75) is 6.18 Å². The third kappa shape index (κ3) is 5.75. The van der Waals surface area contributed by atoms with E-state index in [0.717, 1.165) is 12.1 Å². The van der Waals surface area contributed by atoms with Gasteiger partial charge in [-0.1, -0.05) is 0 Å². The fraction of sp³-hybridized carbons (Fsp3) is 0.0909. The highest BCUT2D eigenvalue weighted by atomic mass is 19.4. The van der Waals surface area contributed by atoms with E-state index in [1.165, 1.54) is 37.6 Å². The number of rotatable bonds is 6. The number of amides is 1. The lowest BCUT2D eigenvalue weighted by Crippen LogP contribution is -2.10. The third-order valence-electron chi connectivity index (χ3n) is 4.25. The summed E-state index contributed by atoms with van der Waals surface area (Å²) < 4.78 is 43.3. The Morgan fingerprint density at radius 1 is 1.13 bits per heavy atom. The van der Waals surface area contributed by atoms with Crippen molar-refractivity contribution in [1.82, 2.24) is 4.98 Å². The second-order valence-corrected chi connectivity index (χ2v) is 6.42. The first-order chi connectivity index (χ1) is 14.8. The molecule has 1 aromatic heterocycles. The van der Waals surface area contributed by atoms with E-state index in [0.29, 0.717) is 34.2 Å². The first-order valence-electron chi connectivity index (χ1n) is 9.08. The smallest absolute Gasteiger partial charge is 0.416 e. The number of halogens is 3. The van der Waals surface area contributed by atoms with Gasteiger partial charge in [0.2, 0.25) is 5.91 Å². The standard InChI is InChI=1S/C22H19F3N4O2/c1-31-17-9-10-18(26)19(13-17)29-20(30)11-4-14-3-2-12-27-21(14)28-16-7-5-15(6-8-16)22(23,24)25/h2-13H,26H2,1H3,(H,27,28)(H,29,30)/b11-4+. The molecule has 1 amide bonds. The lowest BCUT2D eigenvalue weighted by Gasteiger charge is -2.11. The van der Waals surface area contributed by atoms with Gasteiger partial charge in [-0.25, -0.2) is 4.98 Å². The molecule has 0 saturated heterocycles. The van der Waals surface area contributed by atoms with Crippen LogP contribution >= 0.6 is 0 Å². The zero-order chi connectivity index (χ0) is 22.4. The fourth-order valence-electron chi connectivity index (χ4n) is 2.65. The molecule has 1 heterocycles. The van der Waals surface area contributed by atoms with E-state index in [1.807, 2.05) is 0 Å². The van der Waals surface area contributed by atoms with Crippen LogP contribution in [0.3, 0.4) is 0 Å². The maximum atomic E-state index is 12.7. The van der Waals surface area contributed by atoms with Gasteiger partial charge < -0.3 is 21.1 Å². The third-order valence-corrected chi connectivity index (χ3v) is 4.25. The number of aromatic nitrogens is 1. The molecule has 0 spiro atoms. The van der Waals surface area contributed by atoms with Gasteiger partial charge in [0, 0.05) is 29.6 Å². The molecule has 0 unspecified atom stereocenters. The van der Waals surface area contributed by atoms with Crippen LogP contribution in [-0.4, -0.2) is 18.0 Å². The number of carbonyl (C=O) groups excluding carboxylic acids is 1. The zero-order valence-corrected chi connectivity index (χ0v) is 16.4. The van der Waals surface area contributed by atoms with E-state index in [1.54, 1.807) is 30.3 Å². The summed E-state index contributed by atoms with van der Waals surface area (Å²) in [4.78, 5) is 16.5. The lowest BCUT2D eigenvalue weighted by atomic mass is 10.2. The van der Waals surface area contributed by atoms with Crippen molar-refractivity contribution in [3.8, 4) is 5.75 Å². The number of hydrogen-bond donors (Lipinski definition) is 3. The van der Waals surface area contributed by atoms with Crippen molar-refractivity contribution in [3.05, 3.63) is 78.0 Å². The minimum absolute atomic E-state index is 0.382. The molecular weight excluding hydrogens is 409 g/mol. The lowest BCUT2D eigenvalue weighted by molar-refractivity contribution is -0.137. The summed E-state index contributed by atoms with van der Waals surface area (Å²) in [5.74, 6) is 0.500. The Morgan fingerprint density at radius 3 is 2.55 bits per heavy atom. The number of ether oxygens (including phenoxy) is 1. The van der Waals surface area contributed by atoms with Crippen LogP contribution < -0.4 is 21.1 Å². The van der Waals surface area contributed by atoms with Crippen molar-refractivity contribution in [1.29, 1.82) is 0 Å².